The smallest absolute Gasteiger partial charge is 0.255 e. The minimum Gasteiger partial charge on any atom is -0.350 e. The van der Waals surface area contributed by atoms with Gasteiger partial charge in [0, 0.05) is 6.04 Å². The van der Waals surface area contributed by atoms with Crippen LogP contribution in [0.1, 0.15) is 19.8 Å². The summed E-state index contributed by atoms with van der Waals surface area (Å²) in [6, 6.07) is 0.146. The SMILES string of the molecule is CCC1NCCC1C(=O)NCC(F)F. The summed E-state index contributed by atoms with van der Waals surface area (Å²) in [6.45, 7) is 2.24. The fraction of sp³-hybridized carbons (Fsp3) is 0.889. The first-order valence-electron chi connectivity index (χ1n) is 4.94. The molecule has 82 valence electrons. The topological polar surface area (TPSA) is 41.1 Å². The Kier molecular flexibility index (Phi) is 4.25. The molecule has 14 heavy (non-hydrogen) atoms. The van der Waals surface area contributed by atoms with Crippen LogP contribution in [-0.2, 0) is 4.79 Å². The van der Waals surface area contributed by atoms with Gasteiger partial charge in [-0.05, 0) is 19.4 Å². The van der Waals surface area contributed by atoms with E-state index in [1.165, 1.54) is 0 Å². The molecule has 5 heteroatoms. The van der Waals surface area contributed by atoms with E-state index in [1.54, 1.807) is 0 Å². The molecule has 2 N–H and O–H groups in total. The Labute approximate surface area is 82.2 Å². The van der Waals surface area contributed by atoms with Crippen LogP contribution in [0.4, 0.5) is 8.78 Å². The van der Waals surface area contributed by atoms with Crippen LogP contribution in [0, 0.1) is 5.92 Å². The summed E-state index contributed by atoms with van der Waals surface area (Å²) in [5.74, 6) is -0.388. The minimum atomic E-state index is -2.46. The lowest BCUT2D eigenvalue weighted by molar-refractivity contribution is -0.125. The Balaban J connectivity index is 2.35. The Morgan fingerprint density at radius 2 is 2.36 bits per heavy atom. The van der Waals surface area contributed by atoms with Gasteiger partial charge < -0.3 is 10.6 Å². The average molecular weight is 206 g/mol. The number of carbonyl (C=O) groups is 1. The molecule has 1 saturated heterocycles. The van der Waals surface area contributed by atoms with Crippen LogP contribution in [0.3, 0.4) is 0 Å². The van der Waals surface area contributed by atoms with Crippen LogP contribution in [0.25, 0.3) is 0 Å². The maximum Gasteiger partial charge on any atom is 0.255 e. The summed E-state index contributed by atoms with van der Waals surface area (Å²) < 4.78 is 23.7. The summed E-state index contributed by atoms with van der Waals surface area (Å²) in [6.07, 6.45) is -0.867. The van der Waals surface area contributed by atoms with E-state index in [9.17, 15) is 13.6 Å². The third kappa shape index (κ3) is 2.90. The van der Waals surface area contributed by atoms with Crippen molar-refractivity contribution >= 4 is 5.91 Å². The fourth-order valence-corrected chi connectivity index (χ4v) is 1.82. The van der Waals surface area contributed by atoms with Crippen LogP contribution in [0.15, 0.2) is 0 Å². The van der Waals surface area contributed by atoms with Crippen molar-refractivity contribution in [3.8, 4) is 0 Å². The summed E-state index contributed by atoms with van der Waals surface area (Å²) in [7, 11) is 0. The molecule has 0 aromatic rings. The summed E-state index contributed by atoms with van der Waals surface area (Å²) in [5.41, 5.74) is 0. The van der Waals surface area contributed by atoms with Gasteiger partial charge in [0.15, 0.2) is 0 Å². The van der Waals surface area contributed by atoms with Crippen molar-refractivity contribution in [3.05, 3.63) is 0 Å². The summed E-state index contributed by atoms with van der Waals surface area (Å²) >= 11 is 0. The highest BCUT2D eigenvalue weighted by Gasteiger charge is 2.31. The first-order valence-corrected chi connectivity index (χ1v) is 4.94. The van der Waals surface area contributed by atoms with E-state index >= 15 is 0 Å². The lowest BCUT2D eigenvalue weighted by Crippen LogP contribution is -2.39. The second kappa shape index (κ2) is 5.24. The highest BCUT2D eigenvalue weighted by Crippen LogP contribution is 2.18. The average Bonchev–Trinajstić information content (AvgIpc) is 2.61. The Bertz CT molecular complexity index is 199. The monoisotopic (exact) mass is 206 g/mol. The molecule has 0 aromatic carbocycles. The van der Waals surface area contributed by atoms with E-state index in [0.29, 0.717) is 0 Å². The van der Waals surface area contributed by atoms with E-state index in [-0.39, 0.29) is 17.9 Å². The molecule has 1 aliphatic heterocycles. The molecule has 1 amide bonds. The molecule has 1 aliphatic rings. The number of halogens is 2. The summed E-state index contributed by atoms with van der Waals surface area (Å²) in [4.78, 5) is 11.4. The molecule has 3 nitrogen and oxygen atoms in total. The third-order valence-electron chi connectivity index (χ3n) is 2.55. The molecule has 1 heterocycles. The van der Waals surface area contributed by atoms with Gasteiger partial charge in [-0.25, -0.2) is 8.78 Å². The van der Waals surface area contributed by atoms with Gasteiger partial charge in [0.25, 0.3) is 6.43 Å². The fourth-order valence-electron chi connectivity index (χ4n) is 1.82. The molecule has 2 unspecified atom stereocenters. The van der Waals surface area contributed by atoms with E-state index < -0.39 is 13.0 Å². The minimum absolute atomic E-state index is 0.140. The van der Waals surface area contributed by atoms with E-state index in [1.807, 2.05) is 6.92 Å². The van der Waals surface area contributed by atoms with Gasteiger partial charge in [0.1, 0.15) is 0 Å². The first kappa shape index (κ1) is 11.4. The highest BCUT2D eigenvalue weighted by molar-refractivity contribution is 5.79. The standard InChI is InChI=1S/C9H16F2N2O/c1-2-7-6(3-4-12-7)9(14)13-5-8(10)11/h6-8,12H,2-5H2,1H3,(H,13,14). The van der Waals surface area contributed by atoms with Crippen molar-refractivity contribution in [2.45, 2.75) is 32.2 Å². The van der Waals surface area contributed by atoms with Crippen molar-refractivity contribution in [1.82, 2.24) is 10.6 Å². The van der Waals surface area contributed by atoms with E-state index in [4.69, 9.17) is 0 Å². The van der Waals surface area contributed by atoms with Gasteiger partial charge in [0.2, 0.25) is 5.91 Å². The van der Waals surface area contributed by atoms with Crippen molar-refractivity contribution < 1.29 is 13.6 Å². The van der Waals surface area contributed by atoms with Gasteiger partial charge in [-0.2, -0.15) is 0 Å². The number of hydrogen-bond donors (Lipinski definition) is 2. The summed E-state index contributed by atoms with van der Waals surface area (Å²) in [5, 5.41) is 5.44. The van der Waals surface area contributed by atoms with Gasteiger partial charge in [-0.1, -0.05) is 6.92 Å². The Hall–Kier alpha value is -0.710. The predicted molar refractivity (Wildman–Crippen MR) is 49.2 cm³/mol. The lowest BCUT2D eigenvalue weighted by Gasteiger charge is -2.17. The first-order chi connectivity index (χ1) is 6.65. The molecular weight excluding hydrogens is 190 g/mol. The van der Waals surface area contributed by atoms with Crippen LogP contribution in [-0.4, -0.2) is 31.5 Å². The van der Waals surface area contributed by atoms with Crippen molar-refractivity contribution in [1.29, 1.82) is 0 Å². The number of nitrogens with one attached hydrogen (secondary N) is 2. The lowest BCUT2D eigenvalue weighted by atomic mass is 9.98. The van der Waals surface area contributed by atoms with Crippen molar-refractivity contribution in [2.24, 2.45) is 5.92 Å². The third-order valence-corrected chi connectivity index (χ3v) is 2.55. The molecule has 1 rings (SSSR count). The molecule has 2 atom stereocenters. The zero-order chi connectivity index (χ0) is 10.6. The van der Waals surface area contributed by atoms with E-state index in [2.05, 4.69) is 10.6 Å². The number of hydrogen-bond acceptors (Lipinski definition) is 2. The van der Waals surface area contributed by atoms with Gasteiger partial charge in [-0.3, -0.25) is 4.79 Å². The zero-order valence-corrected chi connectivity index (χ0v) is 8.22. The number of carbonyl (C=O) groups excluding carboxylic acids is 1. The Morgan fingerprint density at radius 1 is 1.64 bits per heavy atom. The molecular formula is C9H16F2N2O. The van der Waals surface area contributed by atoms with Crippen LogP contribution in [0.5, 0.6) is 0 Å². The van der Waals surface area contributed by atoms with Gasteiger partial charge >= 0.3 is 0 Å². The van der Waals surface area contributed by atoms with Gasteiger partial charge in [0.05, 0.1) is 12.5 Å². The molecule has 0 aliphatic carbocycles. The predicted octanol–water partition coefficient (Wildman–Crippen LogP) is 0.756. The number of amides is 1. The second-order valence-corrected chi connectivity index (χ2v) is 3.50. The van der Waals surface area contributed by atoms with Crippen LogP contribution in [0.2, 0.25) is 0 Å². The van der Waals surface area contributed by atoms with Crippen LogP contribution < -0.4 is 10.6 Å². The van der Waals surface area contributed by atoms with Crippen molar-refractivity contribution in [3.63, 3.8) is 0 Å². The molecule has 0 radical (unpaired) electrons. The normalized spacial score (nSPS) is 26.9. The number of rotatable bonds is 4. The Morgan fingerprint density at radius 3 is 2.93 bits per heavy atom. The van der Waals surface area contributed by atoms with E-state index in [0.717, 1.165) is 19.4 Å². The second-order valence-electron chi connectivity index (χ2n) is 3.50. The molecule has 0 aromatic heterocycles. The maximum atomic E-state index is 11.8. The van der Waals surface area contributed by atoms with Gasteiger partial charge in [-0.15, -0.1) is 0 Å². The molecule has 0 spiro atoms. The quantitative estimate of drug-likeness (QED) is 0.713. The van der Waals surface area contributed by atoms with Crippen molar-refractivity contribution in [2.75, 3.05) is 13.1 Å². The molecule has 1 fully saturated rings. The number of alkyl halides is 2. The zero-order valence-electron chi connectivity index (χ0n) is 8.22. The van der Waals surface area contributed by atoms with Crippen LogP contribution >= 0.6 is 0 Å². The largest absolute Gasteiger partial charge is 0.350 e. The maximum absolute atomic E-state index is 11.8. The molecule has 0 bridgehead atoms. The molecule has 0 saturated carbocycles. The highest BCUT2D eigenvalue weighted by atomic mass is 19.3.